The highest BCUT2D eigenvalue weighted by Gasteiger charge is 2.15. The summed E-state index contributed by atoms with van der Waals surface area (Å²) < 4.78 is 1.74. The number of aromatic nitrogens is 3. The summed E-state index contributed by atoms with van der Waals surface area (Å²) in [5, 5.41) is 12.6. The molecule has 0 spiro atoms. The second-order valence-electron chi connectivity index (χ2n) is 5.73. The third-order valence-corrected chi connectivity index (χ3v) is 4.80. The van der Waals surface area contributed by atoms with Gasteiger partial charge in [0.15, 0.2) is 11.5 Å². The molecular weight excluding hydrogens is 407 g/mol. The maximum absolute atomic E-state index is 12.5. The molecule has 1 N–H and O–H groups in total. The summed E-state index contributed by atoms with van der Waals surface area (Å²) in [6, 6.07) is 15.4. The van der Waals surface area contributed by atoms with Crippen molar-refractivity contribution in [2.75, 3.05) is 5.32 Å². The topological polar surface area (TPSA) is 59.3 Å². The average Bonchev–Trinajstić information content (AvgIpc) is 3.08. The molecule has 0 aliphatic heterocycles. The fraction of sp³-hybridized carbons (Fsp3) is 0. The fourth-order valence-corrected chi connectivity index (χ4v) is 3.27. The van der Waals surface area contributed by atoms with E-state index in [2.05, 4.69) is 15.5 Å². The van der Waals surface area contributed by atoms with E-state index in [1.165, 1.54) is 0 Å². The minimum atomic E-state index is -0.278. The van der Waals surface area contributed by atoms with Gasteiger partial charge in [0.1, 0.15) is 0 Å². The molecule has 0 saturated carbocycles. The van der Waals surface area contributed by atoms with Gasteiger partial charge in [-0.1, -0.05) is 40.9 Å². The predicted octanol–water partition coefficient (Wildman–Crippen LogP) is 5.61. The van der Waals surface area contributed by atoms with E-state index in [0.717, 1.165) is 0 Å². The number of pyridine rings is 1. The van der Waals surface area contributed by atoms with Gasteiger partial charge in [0.2, 0.25) is 0 Å². The first-order chi connectivity index (χ1) is 13.0. The number of nitrogens with one attached hydrogen (secondary N) is 1. The molecule has 0 atom stereocenters. The number of amides is 1. The predicted molar refractivity (Wildman–Crippen MR) is 108 cm³/mol. The quantitative estimate of drug-likeness (QED) is 0.471. The fourth-order valence-electron chi connectivity index (χ4n) is 2.67. The molecule has 8 heteroatoms. The van der Waals surface area contributed by atoms with Crippen LogP contribution in [-0.2, 0) is 0 Å². The van der Waals surface area contributed by atoms with E-state index in [9.17, 15) is 4.79 Å². The number of rotatable bonds is 3. The Labute approximate surface area is 169 Å². The largest absolute Gasteiger partial charge is 0.322 e. The van der Waals surface area contributed by atoms with E-state index < -0.39 is 0 Å². The number of nitrogens with zero attached hydrogens (tertiary/aromatic N) is 3. The van der Waals surface area contributed by atoms with Gasteiger partial charge in [-0.15, -0.1) is 10.2 Å². The highest BCUT2D eigenvalue weighted by atomic mass is 35.5. The maximum Gasteiger partial charge on any atom is 0.255 e. The highest BCUT2D eigenvalue weighted by molar-refractivity contribution is 6.34. The molecule has 27 heavy (non-hydrogen) atoms. The summed E-state index contributed by atoms with van der Waals surface area (Å²) in [4.78, 5) is 12.5. The molecule has 0 aliphatic rings. The van der Waals surface area contributed by atoms with Crippen LogP contribution < -0.4 is 5.32 Å². The number of fused-ring (bicyclic) bond motifs is 1. The van der Waals surface area contributed by atoms with Gasteiger partial charge < -0.3 is 5.32 Å². The molecule has 5 nitrogen and oxygen atoms in total. The Hall–Kier alpha value is -2.60. The van der Waals surface area contributed by atoms with Gasteiger partial charge in [0.05, 0.1) is 10.0 Å². The summed E-state index contributed by atoms with van der Waals surface area (Å²) in [5.41, 5.74) is 2.17. The van der Waals surface area contributed by atoms with Crippen molar-refractivity contribution in [1.29, 1.82) is 0 Å². The lowest BCUT2D eigenvalue weighted by Gasteiger charge is -2.09. The number of benzene rings is 2. The van der Waals surface area contributed by atoms with Crippen molar-refractivity contribution < 1.29 is 4.79 Å². The van der Waals surface area contributed by atoms with Crippen LogP contribution in [0.4, 0.5) is 5.69 Å². The van der Waals surface area contributed by atoms with Crippen molar-refractivity contribution in [3.63, 3.8) is 0 Å². The van der Waals surface area contributed by atoms with Crippen LogP contribution in [0.1, 0.15) is 10.4 Å². The van der Waals surface area contributed by atoms with Gasteiger partial charge in [-0.3, -0.25) is 9.20 Å². The van der Waals surface area contributed by atoms with Crippen molar-refractivity contribution in [3.05, 3.63) is 81.4 Å². The van der Waals surface area contributed by atoms with Crippen LogP contribution in [-0.4, -0.2) is 20.5 Å². The Morgan fingerprint density at radius 1 is 0.926 bits per heavy atom. The number of hydrogen-bond donors (Lipinski definition) is 1. The lowest BCUT2D eigenvalue weighted by Crippen LogP contribution is -2.11. The molecular formula is C19H11Cl3N4O. The molecule has 4 aromatic rings. The summed E-state index contributed by atoms with van der Waals surface area (Å²) >= 11 is 18.5. The number of carbonyl (C=O) groups excluding carboxylic acids is 1. The molecule has 0 bridgehead atoms. The average molecular weight is 418 g/mol. The second-order valence-corrected chi connectivity index (χ2v) is 6.98. The number of halogens is 3. The normalized spacial score (nSPS) is 10.9. The van der Waals surface area contributed by atoms with Crippen LogP contribution in [0, 0.1) is 0 Å². The van der Waals surface area contributed by atoms with E-state index in [-0.39, 0.29) is 5.91 Å². The molecule has 0 saturated heterocycles. The molecule has 0 radical (unpaired) electrons. The summed E-state index contributed by atoms with van der Waals surface area (Å²) in [6.07, 6.45) is 1.80. The molecule has 0 fully saturated rings. The smallest absolute Gasteiger partial charge is 0.255 e. The molecule has 2 aromatic heterocycles. The van der Waals surface area contributed by atoms with Crippen molar-refractivity contribution in [2.45, 2.75) is 0 Å². The molecule has 2 heterocycles. The summed E-state index contributed by atoms with van der Waals surface area (Å²) in [6.45, 7) is 0. The van der Waals surface area contributed by atoms with E-state index in [4.69, 9.17) is 34.8 Å². The Kier molecular flexibility index (Phi) is 4.74. The van der Waals surface area contributed by atoms with Gasteiger partial charge >= 0.3 is 0 Å². The maximum atomic E-state index is 12.5. The Balaban J connectivity index is 1.71. The van der Waals surface area contributed by atoms with E-state index >= 15 is 0 Å². The molecule has 0 unspecified atom stereocenters. The van der Waals surface area contributed by atoms with Gasteiger partial charge in [-0.2, -0.15) is 0 Å². The van der Waals surface area contributed by atoms with Crippen LogP contribution in [0.25, 0.3) is 17.0 Å². The third kappa shape index (κ3) is 3.49. The van der Waals surface area contributed by atoms with E-state index in [1.807, 2.05) is 0 Å². The molecule has 1 amide bonds. The first kappa shape index (κ1) is 17.8. The van der Waals surface area contributed by atoms with Gasteiger partial charge in [0, 0.05) is 28.0 Å². The minimum Gasteiger partial charge on any atom is -0.322 e. The summed E-state index contributed by atoms with van der Waals surface area (Å²) in [5.74, 6) is 0.247. The zero-order valence-electron chi connectivity index (χ0n) is 13.7. The molecule has 134 valence electrons. The lowest BCUT2D eigenvalue weighted by atomic mass is 10.1. The standard InChI is InChI=1S/C19H11Cl3N4O/c20-12-4-1-3-11(9-12)19(27)23-13-6-7-15(21)14(10-13)17-24-25-18-16(22)5-2-8-26(17)18/h1-10H,(H,23,27). The van der Waals surface area contributed by atoms with Gasteiger partial charge in [0.25, 0.3) is 5.91 Å². The Bertz CT molecular complexity index is 1170. The van der Waals surface area contributed by atoms with Crippen LogP contribution in [0.5, 0.6) is 0 Å². The van der Waals surface area contributed by atoms with Crippen molar-refractivity contribution >= 4 is 52.0 Å². The third-order valence-electron chi connectivity index (χ3n) is 3.94. The second kappa shape index (κ2) is 7.19. The summed E-state index contributed by atoms with van der Waals surface area (Å²) in [7, 11) is 0. The van der Waals surface area contributed by atoms with Crippen molar-refractivity contribution in [1.82, 2.24) is 14.6 Å². The molecule has 2 aromatic carbocycles. The van der Waals surface area contributed by atoms with Crippen molar-refractivity contribution in [2.24, 2.45) is 0 Å². The molecule has 4 rings (SSSR count). The number of carbonyl (C=O) groups is 1. The zero-order valence-corrected chi connectivity index (χ0v) is 15.9. The van der Waals surface area contributed by atoms with Crippen molar-refractivity contribution in [3.8, 4) is 11.4 Å². The van der Waals surface area contributed by atoms with Gasteiger partial charge in [-0.25, -0.2) is 0 Å². The van der Waals surface area contributed by atoms with Gasteiger partial charge in [-0.05, 0) is 48.5 Å². The first-order valence-corrected chi connectivity index (χ1v) is 9.02. The van der Waals surface area contributed by atoms with Crippen LogP contribution in [0.15, 0.2) is 60.8 Å². The van der Waals surface area contributed by atoms with Crippen LogP contribution in [0.3, 0.4) is 0 Å². The monoisotopic (exact) mass is 416 g/mol. The molecule has 0 aliphatic carbocycles. The van der Waals surface area contributed by atoms with E-state index in [0.29, 0.717) is 43.4 Å². The van der Waals surface area contributed by atoms with Crippen LogP contribution >= 0.6 is 34.8 Å². The number of anilines is 1. The lowest BCUT2D eigenvalue weighted by molar-refractivity contribution is 0.102. The first-order valence-electron chi connectivity index (χ1n) is 7.89. The highest BCUT2D eigenvalue weighted by Crippen LogP contribution is 2.31. The number of hydrogen-bond acceptors (Lipinski definition) is 3. The Morgan fingerprint density at radius 2 is 1.78 bits per heavy atom. The zero-order chi connectivity index (χ0) is 19.0. The Morgan fingerprint density at radius 3 is 2.59 bits per heavy atom. The van der Waals surface area contributed by atoms with E-state index in [1.54, 1.807) is 65.2 Å². The van der Waals surface area contributed by atoms with Crippen LogP contribution in [0.2, 0.25) is 15.1 Å². The SMILES string of the molecule is O=C(Nc1ccc(Cl)c(-c2nnc3c(Cl)cccn23)c1)c1cccc(Cl)c1. The minimum absolute atomic E-state index is 0.278.